The normalized spacial score (nSPS) is 9.29. The molecule has 0 aromatic carbocycles. The number of hydrogen-bond donors (Lipinski definition) is 3. The summed E-state index contributed by atoms with van der Waals surface area (Å²) in [6.07, 6.45) is 2.34. The van der Waals surface area contributed by atoms with Gasteiger partial charge in [-0.15, -0.1) is 0 Å². The number of nitrogens with zero attached hydrogens (tertiary/aromatic N) is 1. The Morgan fingerprint density at radius 1 is 1.57 bits per heavy atom. The molecule has 1 aromatic heterocycles. The third-order valence-electron chi connectivity index (χ3n) is 1.64. The lowest BCUT2D eigenvalue weighted by molar-refractivity contribution is 0.282. The van der Waals surface area contributed by atoms with E-state index in [1.165, 1.54) is 0 Å². The summed E-state index contributed by atoms with van der Waals surface area (Å²) in [6, 6.07) is 1.74. The lowest BCUT2D eigenvalue weighted by Crippen LogP contribution is -1.98. The van der Waals surface area contributed by atoms with Gasteiger partial charge in [0.2, 0.25) is 0 Å². The van der Waals surface area contributed by atoms with E-state index in [2.05, 4.69) is 29.5 Å². The Bertz CT molecular complexity index is 368. The van der Waals surface area contributed by atoms with Crippen LogP contribution in [0.25, 0.3) is 0 Å². The maximum absolute atomic E-state index is 8.93. The van der Waals surface area contributed by atoms with Gasteiger partial charge in [0.1, 0.15) is 5.82 Å². The van der Waals surface area contributed by atoms with Gasteiger partial charge in [-0.25, -0.2) is 4.98 Å². The highest BCUT2D eigenvalue weighted by molar-refractivity contribution is 7.80. The van der Waals surface area contributed by atoms with E-state index >= 15 is 0 Å². The first-order chi connectivity index (χ1) is 6.77. The van der Waals surface area contributed by atoms with Gasteiger partial charge in [-0.05, 0) is 6.07 Å². The zero-order valence-corrected chi connectivity index (χ0v) is 8.59. The molecule has 3 nitrogen and oxygen atoms in total. The number of rotatable bonds is 2. The smallest absolute Gasteiger partial charge is 0.128 e. The number of aromatic nitrogens is 1. The Kier molecular flexibility index (Phi) is 4.30. The van der Waals surface area contributed by atoms with E-state index in [0.29, 0.717) is 11.4 Å². The SMILES string of the molecule is Nc1ncc(C#CCCS)cc1CO. The number of aliphatic hydroxyl groups is 1. The second-order valence-corrected chi connectivity index (χ2v) is 3.15. The van der Waals surface area contributed by atoms with Crippen molar-refractivity contribution in [1.29, 1.82) is 0 Å². The third-order valence-corrected chi connectivity index (χ3v) is 1.86. The summed E-state index contributed by atoms with van der Waals surface area (Å²) >= 11 is 4.04. The molecule has 74 valence electrons. The Morgan fingerprint density at radius 3 is 3.00 bits per heavy atom. The fourth-order valence-electron chi connectivity index (χ4n) is 0.936. The number of aliphatic hydroxyl groups excluding tert-OH is 1. The van der Waals surface area contributed by atoms with Crippen LogP contribution in [0.15, 0.2) is 12.3 Å². The van der Waals surface area contributed by atoms with E-state index in [9.17, 15) is 0 Å². The number of anilines is 1. The summed E-state index contributed by atoms with van der Waals surface area (Å²) in [6.45, 7) is -0.110. The molecule has 1 rings (SSSR count). The van der Waals surface area contributed by atoms with Gasteiger partial charge < -0.3 is 10.8 Å². The van der Waals surface area contributed by atoms with Crippen molar-refractivity contribution >= 4 is 18.4 Å². The van der Waals surface area contributed by atoms with Crippen LogP contribution in [0.5, 0.6) is 0 Å². The molecule has 0 aliphatic rings. The van der Waals surface area contributed by atoms with Crippen LogP contribution >= 0.6 is 12.6 Å². The van der Waals surface area contributed by atoms with E-state index in [-0.39, 0.29) is 6.61 Å². The van der Waals surface area contributed by atoms with E-state index in [0.717, 1.165) is 17.7 Å². The van der Waals surface area contributed by atoms with Gasteiger partial charge in [0.25, 0.3) is 0 Å². The molecule has 0 fully saturated rings. The minimum Gasteiger partial charge on any atom is -0.392 e. The van der Waals surface area contributed by atoms with Crippen molar-refractivity contribution in [1.82, 2.24) is 4.98 Å². The molecule has 14 heavy (non-hydrogen) atoms. The molecule has 0 saturated carbocycles. The zero-order chi connectivity index (χ0) is 10.4. The quantitative estimate of drug-likeness (QED) is 0.498. The van der Waals surface area contributed by atoms with Gasteiger partial charge in [0.15, 0.2) is 0 Å². The molecule has 1 aromatic rings. The van der Waals surface area contributed by atoms with Gasteiger partial charge in [0, 0.05) is 29.5 Å². The van der Waals surface area contributed by atoms with Crippen molar-refractivity contribution in [3.63, 3.8) is 0 Å². The summed E-state index contributed by atoms with van der Waals surface area (Å²) in [5.41, 5.74) is 6.91. The first-order valence-corrected chi connectivity index (χ1v) is 4.86. The maximum atomic E-state index is 8.93. The van der Waals surface area contributed by atoms with Gasteiger partial charge in [-0.3, -0.25) is 0 Å². The summed E-state index contributed by atoms with van der Waals surface area (Å²) < 4.78 is 0. The van der Waals surface area contributed by atoms with Crippen LogP contribution in [-0.4, -0.2) is 15.8 Å². The first-order valence-electron chi connectivity index (χ1n) is 4.23. The van der Waals surface area contributed by atoms with E-state index in [1.807, 2.05) is 0 Å². The summed E-state index contributed by atoms with van der Waals surface area (Å²) in [7, 11) is 0. The monoisotopic (exact) mass is 208 g/mol. The van der Waals surface area contributed by atoms with Crippen LogP contribution in [0.3, 0.4) is 0 Å². The van der Waals surface area contributed by atoms with Gasteiger partial charge in [0.05, 0.1) is 6.61 Å². The number of nitrogen functional groups attached to an aromatic ring is 1. The van der Waals surface area contributed by atoms with E-state index in [1.54, 1.807) is 12.3 Å². The van der Waals surface area contributed by atoms with Crippen molar-refractivity contribution in [2.24, 2.45) is 0 Å². The molecule has 0 amide bonds. The molecule has 0 spiro atoms. The van der Waals surface area contributed by atoms with Crippen molar-refractivity contribution in [2.45, 2.75) is 13.0 Å². The molecule has 0 radical (unpaired) electrons. The van der Waals surface area contributed by atoms with Gasteiger partial charge in [-0.2, -0.15) is 12.6 Å². The average molecular weight is 208 g/mol. The molecule has 0 saturated heterocycles. The first kappa shape index (κ1) is 10.9. The molecule has 0 aliphatic heterocycles. The largest absolute Gasteiger partial charge is 0.392 e. The van der Waals surface area contributed by atoms with Crippen LogP contribution in [-0.2, 0) is 6.61 Å². The molecular weight excluding hydrogens is 196 g/mol. The Balaban J connectivity index is 2.86. The van der Waals surface area contributed by atoms with Crippen LogP contribution in [0.1, 0.15) is 17.5 Å². The summed E-state index contributed by atoms with van der Waals surface area (Å²) in [5, 5.41) is 8.93. The number of thiol groups is 1. The molecule has 1 heterocycles. The molecule has 0 aliphatic carbocycles. The number of hydrogen-bond acceptors (Lipinski definition) is 4. The highest BCUT2D eigenvalue weighted by atomic mass is 32.1. The average Bonchev–Trinajstić information content (AvgIpc) is 2.21. The number of pyridine rings is 1. The van der Waals surface area contributed by atoms with Crippen molar-refractivity contribution in [2.75, 3.05) is 11.5 Å². The molecule has 0 atom stereocenters. The lowest BCUT2D eigenvalue weighted by Gasteiger charge is -2.00. The van der Waals surface area contributed by atoms with Gasteiger partial charge >= 0.3 is 0 Å². The van der Waals surface area contributed by atoms with E-state index in [4.69, 9.17) is 10.8 Å². The molecule has 0 unspecified atom stereocenters. The Hall–Kier alpha value is -1.18. The fraction of sp³-hybridized carbons (Fsp3) is 0.300. The third kappa shape index (κ3) is 2.95. The van der Waals surface area contributed by atoms with Crippen LogP contribution in [0, 0.1) is 11.8 Å². The number of nitrogens with two attached hydrogens (primary N) is 1. The predicted molar refractivity (Wildman–Crippen MR) is 59.9 cm³/mol. The molecule has 3 N–H and O–H groups in total. The van der Waals surface area contributed by atoms with Crippen LogP contribution in [0.4, 0.5) is 5.82 Å². The maximum Gasteiger partial charge on any atom is 0.128 e. The summed E-state index contributed by atoms with van der Waals surface area (Å²) in [5.74, 6) is 6.95. The highest BCUT2D eigenvalue weighted by Crippen LogP contribution is 2.09. The topological polar surface area (TPSA) is 59.1 Å². The zero-order valence-electron chi connectivity index (χ0n) is 7.70. The molecule has 0 bridgehead atoms. The molecular formula is C10H12N2OS. The standard InChI is InChI=1S/C10H12N2OS/c11-10-9(7-13)5-8(6-12-10)3-1-2-4-14/h5-6,13-14H,2,4,7H2,(H2,11,12). The minimum absolute atomic E-state index is 0.110. The van der Waals surface area contributed by atoms with Crippen molar-refractivity contribution < 1.29 is 5.11 Å². The second-order valence-electron chi connectivity index (χ2n) is 2.70. The van der Waals surface area contributed by atoms with Crippen LogP contribution in [0.2, 0.25) is 0 Å². The van der Waals surface area contributed by atoms with E-state index < -0.39 is 0 Å². The lowest BCUT2D eigenvalue weighted by atomic mass is 10.2. The minimum atomic E-state index is -0.110. The Labute approximate surface area is 88.8 Å². The second kappa shape index (κ2) is 5.53. The Morgan fingerprint density at radius 2 is 2.36 bits per heavy atom. The summed E-state index contributed by atoms with van der Waals surface area (Å²) in [4.78, 5) is 3.92. The fourth-order valence-corrected chi connectivity index (χ4v) is 1.05. The highest BCUT2D eigenvalue weighted by Gasteiger charge is 1.98. The predicted octanol–water partition coefficient (Wildman–Crippen LogP) is 0.828. The van der Waals surface area contributed by atoms with Crippen molar-refractivity contribution in [3.05, 3.63) is 23.4 Å². The van der Waals surface area contributed by atoms with Gasteiger partial charge in [-0.1, -0.05) is 11.8 Å². The molecule has 4 heteroatoms. The van der Waals surface area contributed by atoms with Crippen LogP contribution < -0.4 is 5.73 Å². The van der Waals surface area contributed by atoms with Crippen molar-refractivity contribution in [3.8, 4) is 11.8 Å².